The molecule has 0 saturated carbocycles. The van der Waals surface area contributed by atoms with Crippen molar-refractivity contribution in [3.05, 3.63) is 12.7 Å². The van der Waals surface area contributed by atoms with Gasteiger partial charge in [0, 0.05) is 13.5 Å². The third-order valence-corrected chi connectivity index (χ3v) is 2.62. The number of hydrogen-bond donors (Lipinski definition) is 1. The van der Waals surface area contributed by atoms with E-state index in [1.807, 2.05) is 0 Å². The van der Waals surface area contributed by atoms with Crippen LogP contribution in [0.2, 0.25) is 0 Å². The Morgan fingerprint density at radius 2 is 2.33 bits per heavy atom. The first-order valence-electron chi connectivity index (χ1n) is 4.83. The number of aliphatic hydroxyl groups excluding tert-OH is 1. The van der Waals surface area contributed by atoms with Crippen molar-refractivity contribution in [3.8, 4) is 0 Å². The quantitative estimate of drug-likeness (QED) is 0.705. The van der Waals surface area contributed by atoms with Gasteiger partial charge in [0.25, 0.3) is 0 Å². The van der Waals surface area contributed by atoms with E-state index in [2.05, 4.69) is 11.3 Å². The predicted molar refractivity (Wildman–Crippen MR) is 54.3 cm³/mol. The molecule has 1 amide bonds. The molecule has 5 nitrogen and oxygen atoms in total. The SMILES string of the molecule is C=CC[C@H]1[C@H](O)CC(OC)N1C(=O)OC. The standard InChI is InChI=1S/C10H17NO4/c1-4-5-7-8(12)6-9(14-2)11(7)10(13)15-3/h4,7-9,12H,1,5-6H2,2-3H3/t7-,8+,9?/m0/s1. The fourth-order valence-corrected chi connectivity index (χ4v) is 1.89. The molecule has 0 radical (unpaired) electrons. The molecule has 1 saturated heterocycles. The Kier molecular flexibility index (Phi) is 4.11. The average molecular weight is 215 g/mol. The lowest BCUT2D eigenvalue weighted by Gasteiger charge is -2.27. The first-order chi connectivity index (χ1) is 7.15. The Morgan fingerprint density at radius 1 is 1.67 bits per heavy atom. The number of carbonyl (C=O) groups is 1. The van der Waals surface area contributed by atoms with Crippen molar-refractivity contribution >= 4 is 6.09 Å². The van der Waals surface area contributed by atoms with Gasteiger partial charge < -0.3 is 14.6 Å². The molecule has 5 heteroatoms. The van der Waals surface area contributed by atoms with Crippen LogP contribution in [0.4, 0.5) is 4.79 Å². The molecule has 0 spiro atoms. The van der Waals surface area contributed by atoms with Gasteiger partial charge in [-0.1, -0.05) is 6.08 Å². The highest BCUT2D eigenvalue weighted by molar-refractivity contribution is 5.68. The molecule has 1 fully saturated rings. The van der Waals surface area contributed by atoms with Gasteiger partial charge in [-0.2, -0.15) is 0 Å². The van der Waals surface area contributed by atoms with Gasteiger partial charge in [0.1, 0.15) is 6.23 Å². The number of hydrogen-bond acceptors (Lipinski definition) is 4. The molecule has 1 heterocycles. The minimum Gasteiger partial charge on any atom is -0.453 e. The molecule has 86 valence electrons. The van der Waals surface area contributed by atoms with Crippen molar-refractivity contribution in [1.29, 1.82) is 0 Å². The molecule has 0 aromatic rings. The van der Waals surface area contributed by atoms with Crippen LogP contribution in [0.3, 0.4) is 0 Å². The van der Waals surface area contributed by atoms with Gasteiger partial charge in [-0.3, -0.25) is 4.90 Å². The van der Waals surface area contributed by atoms with Crippen LogP contribution in [0, 0.1) is 0 Å². The highest BCUT2D eigenvalue weighted by Crippen LogP contribution is 2.28. The lowest BCUT2D eigenvalue weighted by Crippen LogP contribution is -2.43. The third-order valence-electron chi connectivity index (χ3n) is 2.62. The van der Waals surface area contributed by atoms with Crippen molar-refractivity contribution in [1.82, 2.24) is 4.90 Å². The number of nitrogens with zero attached hydrogens (tertiary/aromatic N) is 1. The van der Waals surface area contributed by atoms with Crippen molar-refractivity contribution in [2.75, 3.05) is 14.2 Å². The smallest absolute Gasteiger partial charge is 0.411 e. The molecule has 1 N–H and O–H groups in total. The van der Waals surface area contributed by atoms with E-state index in [-0.39, 0.29) is 6.04 Å². The zero-order chi connectivity index (χ0) is 11.4. The summed E-state index contributed by atoms with van der Waals surface area (Å²) in [5.41, 5.74) is 0. The molecule has 0 bridgehead atoms. The predicted octanol–water partition coefficient (Wildman–Crippen LogP) is 0.737. The molecular weight excluding hydrogens is 198 g/mol. The van der Waals surface area contributed by atoms with Crippen molar-refractivity contribution in [3.63, 3.8) is 0 Å². The maximum absolute atomic E-state index is 11.5. The van der Waals surface area contributed by atoms with Gasteiger partial charge in [-0.15, -0.1) is 6.58 Å². The fraction of sp³-hybridized carbons (Fsp3) is 0.700. The van der Waals surface area contributed by atoms with Gasteiger partial charge >= 0.3 is 6.09 Å². The lowest BCUT2D eigenvalue weighted by molar-refractivity contribution is -0.0137. The second-order valence-corrected chi connectivity index (χ2v) is 3.46. The lowest BCUT2D eigenvalue weighted by atomic mass is 10.1. The van der Waals surface area contributed by atoms with Crippen LogP contribution in [0.15, 0.2) is 12.7 Å². The Bertz CT molecular complexity index is 244. The molecule has 0 aromatic carbocycles. The maximum atomic E-state index is 11.5. The number of ether oxygens (including phenoxy) is 2. The summed E-state index contributed by atoms with van der Waals surface area (Å²) in [5, 5.41) is 9.76. The summed E-state index contributed by atoms with van der Waals surface area (Å²) < 4.78 is 9.78. The Labute approximate surface area is 89.3 Å². The largest absolute Gasteiger partial charge is 0.453 e. The number of amides is 1. The minimum atomic E-state index is -0.591. The van der Waals surface area contributed by atoms with E-state index in [4.69, 9.17) is 4.74 Å². The number of aliphatic hydroxyl groups is 1. The van der Waals surface area contributed by atoms with E-state index in [9.17, 15) is 9.90 Å². The summed E-state index contributed by atoms with van der Waals surface area (Å²) in [4.78, 5) is 12.9. The van der Waals surface area contributed by atoms with Crippen LogP contribution < -0.4 is 0 Å². The van der Waals surface area contributed by atoms with Gasteiger partial charge in [0.05, 0.1) is 19.3 Å². The molecular formula is C10H17NO4. The third kappa shape index (κ3) is 2.30. The van der Waals surface area contributed by atoms with E-state index in [0.29, 0.717) is 12.8 Å². The van der Waals surface area contributed by atoms with E-state index >= 15 is 0 Å². The molecule has 1 aliphatic heterocycles. The summed E-state index contributed by atoms with van der Waals surface area (Å²) in [6.07, 6.45) is 1.11. The summed E-state index contributed by atoms with van der Waals surface area (Å²) in [5.74, 6) is 0. The summed E-state index contributed by atoms with van der Waals surface area (Å²) in [7, 11) is 2.81. The second kappa shape index (κ2) is 5.14. The van der Waals surface area contributed by atoms with Crippen LogP contribution in [0.5, 0.6) is 0 Å². The van der Waals surface area contributed by atoms with Crippen LogP contribution in [-0.4, -0.2) is 48.7 Å². The maximum Gasteiger partial charge on any atom is 0.411 e. The number of carbonyl (C=O) groups excluding carboxylic acids is 1. The zero-order valence-electron chi connectivity index (χ0n) is 9.05. The molecule has 1 unspecified atom stereocenters. The number of rotatable bonds is 3. The van der Waals surface area contributed by atoms with Crippen LogP contribution in [0.25, 0.3) is 0 Å². The van der Waals surface area contributed by atoms with E-state index < -0.39 is 18.4 Å². The van der Waals surface area contributed by atoms with E-state index in [1.165, 1.54) is 19.1 Å². The van der Waals surface area contributed by atoms with Gasteiger partial charge in [-0.05, 0) is 6.42 Å². The summed E-state index contributed by atoms with van der Waals surface area (Å²) >= 11 is 0. The van der Waals surface area contributed by atoms with E-state index in [1.54, 1.807) is 6.08 Å². The Balaban J connectivity index is 2.82. The molecule has 1 aliphatic rings. The Morgan fingerprint density at radius 3 is 2.80 bits per heavy atom. The van der Waals surface area contributed by atoms with Crippen LogP contribution in [-0.2, 0) is 9.47 Å². The average Bonchev–Trinajstić information content (AvgIpc) is 2.55. The van der Waals surface area contributed by atoms with Gasteiger partial charge in [0.15, 0.2) is 0 Å². The normalized spacial score (nSPS) is 30.3. The monoisotopic (exact) mass is 215 g/mol. The molecule has 3 atom stereocenters. The molecule has 0 aromatic heterocycles. The first kappa shape index (κ1) is 12.0. The number of likely N-dealkylation sites (tertiary alicyclic amines) is 1. The first-order valence-corrected chi connectivity index (χ1v) is 4.83. The van der Waals surface area contributed by atoms with Crippen molar-refractivity contribution in [2.45, 2.75) is 31.2 Å². The summed E-state index contributed by atoms with van der Waals surface area (Å²) in [6, 6.07) is -0.306. The summed E-state index contributed by atoms with van der Waals surface area (Å²) in [6.45, 7) is 3.60. The van der Waals surface area contributed by atoms with Crippen molar-refractivity contribution in [2.24, 2.45) is 0 Å². The van der Waals surface area contributed by atoms with Gasteiger partial charge in [0.2, 0.25) is 0 Å². The van der Waals surface area contributed by atoms with E-state index in [0.717, 1.165) is 0 Å². The Hall–Kier alpha value is -1.07. The highest BCUT2D eigenvalue weighted by atomic mass is 16.6. The molecule has 0 aliphatic carbocycles. The molecule has 15 heavy (non-hydrogen) atoms. The van der Waals surface area contributed by atoms with Crippen molar-refractivity contribution < 1.29 is 19.4 Å². The molecule has 1 rings (SSSR count). The highest BCUT2D eigenvalue weighted by Gasteiger charge is 2.43. The van der Waals surface area contributed by atoms with Crippen LogP contribution >= 0.6 is 0 Å². The van der Waals surface area contributed by atoms with Gasteiger partial charge in [-0.25, -0.2) is 4.79 Å². The minimum absolute atomic E-state index is 0.306. The fourth-order valence-electron chi connectivity index (χ4n) is 1.89. The zero-order valence-corrected chi connectivity index (χ0v) is 9.05. The topological polar surface area (TPSA) is 59.0 Å². The number of methoxy groups -OCH3 is 2. The second-order valence-electron chi connectivity index (χ2n) is 3.46. The van der Waals surface area contributed by atoms with Crippen LogP contribution in [0.1, 0.15) is 12.8 Å².